The maximum absolute atomic E-state index is 12.8. The lowest BCUT2D eigenvalue weighted by molar-refractivity contribution is 0.0966. The number of hydrogen-bond donors (Lipinski definition) is 2. The first kappa shape index (κ1) is 19.7. The van der Waals surface area contributed by atoms with Gasteiger partial charge in [0.05, 0.1) is 35.0 Å². The summed E-state index contributed by atoms with van der Waals surface area (Å²) in [6, 6.07) is 10.0. The summed E-state index contributed by atoms with van der Waals surface area (Å²) in [5.41, 5.74) is 6.32. The third-order valence-electron chi connectivity index (χ3n) is 6.49. The molecule has 8 heteroatoms. The molecule has 2 N–H and O–H groups in total. The van der Waals surface area contributed by atoms with Crippen molar-refractivity contribution in [2.24, 2.45) is 0 Å². The monoisotopic (exact) mass is 439 g/mol. The summed E-state index contributed by atoms with van der Waals surface area (Å²) in [4.78, 5) is 28.7. The molecular formula is C25H25N7O. The quantitative estimate of drug-likeness (QED) is 0.498. The molecule has 33 heavy (non-hydrogen) atoms. The number of benzene rings is 1. The molecule has 5 heterocycles. The molecule has 0 atom stereocenters. The zero-order valence-corrected chi connectivity index (χ0v) is 18.5. The van der Waals surface area contributed by atoms with Gasteiger partial charge in [-0.25, -0.2) is 15.0 Å². The minimum atomic E-state index is -0.0814. The van der Waals surface area contributed by atoms with E-state index in [9.17, 15) is 4.79 Å². The molecule has 3 aromatic heterocycles. The summed E-state index contributed by atoms with van der Waals surface area (Å²) in [6.07, 6.45) is 9.46. The van der Waals surface area contributed by atoms with Crippen molar-refractivity contribution in [2.75, 3.05) is 23.3 Å². The lowest BCUT2D eigenvalue weighted by Crippen LogP contribution is -2.29. The van der Waals surface area contributed by atoms with Crippen molar-refractivity contribution in [1.29, 1.82) is 0 Å². The molecule has 0 radical (unpaired) electrons. The van der Waals surface area contributed by atoms with Crippen LogP contribution in [0.25, 0.3) is 17.0 Å². The second-order valence-electron chi connectivity index (χ2n) is 8.65. The van der Waals surface area contributed by atoms with E-state index in [1.54, 1.807) is 0 Å². The fraction of sp³-hybridized carbons (Fsp3) is 0.280. The topological polar surface area (TPSA) is 87.5 Å². The summed E-state index contributed by atoms with van der Waals surface area (Å²) in [6.45, 7) is 4.60. The van der Waals surface area contributed by atoms with E-state index in [1.165, 1.54) is 19.3 Å². The molecule has 2 aliphatic rings. The van der Waals surface area contributed by atoms with Gasteiger partial charge in [0.25, 0.3) is 5.91 Å². The number of aryl methyl sites for hydroxylation is 1. The number of carbonyl (C=O) groups excluding carboxylic acids is 1. The summed E-state index contributed by atoms with van der Waals surface area (Å²) < 4.78 is 1.96. The van der Waals surface area contributed by atoms with Crippen LogP contribution in [0.5, 0.6) is 0 Å². The first-order valence-corrected chi connectivity index (χ1v) is 11.4. The van der Waals surface area contributed by atoms with Crippen LogP contribution in [0.4, 0.5) is 17.2 Å². The van der Waals surface area contributed by atoms with E-state index in [4.69, 9.17) is 0 Å². The highest BCUT2D eigenvalue weighted by Gasteiger charge is 2.27. The highest BCUT2D eigenvalue weighted by molar-refractivity contribution is 6.06. The normalized spacial score (nSPS) is 15.5. The molecule has 0 unspecified atom stereocenters. The molecule has 8 nitrogen and oxygen atoms in total. The smallest absolute Gasteiger partial charge is 0.254 e. The minimum Gasteiger partial charge on any atom is -0.370 e. The molecule has 0 saturated carbocycles. The van der Waals surface area contributed by atoms with Crippen molar-refractivity contribution in [3.05, 3.63) is 65.7 Å². The van der Waals surface area contributed by atoms with Crippen molar-refractivity contribution in [3.63, 3.8) is 0 Å². The lowest BCUT2D eigenvalue weighted by Gasteiger charge is -2.28. The molecule has 1 aromatic carbocycles. The van der Waals surface area contributed by atoms with E-state index in [-0.39, 0.29) is 5.91 Å². The molecule has 1 fully saturated rings. The maximum atomic E-state index is 12.8. The van der Waals surface area contributed by atoms with Gasteiger partial charge in [-0.3, -0.25) is 9.20 Å². The van der Waals surface area contributed by atoms with E-state index in [0.717, 1.165) is 52.8 Å². The molecule has 6 rings (SSSR count). The number of carbonyl (C=O) groups is 1. The van der Waals surface area contributed by atoms with Crippen LogP contribution >= 0.6 is 0 Å². The van der Waals surface area contributed by atoms with Gasteiger partial charge in [-0.05, 0) is 56.0 Å². The zero-order chi connectivity index (χ0) is 22.4. The fourth-order valence-electron chi connectivity index (χ4n) is 4.79. The molecule has 4 aromatic rings. The number of piperidine rings is 1. The van der Waals surface area contributed by atoms with Gasteiger partial charge in [0, 0.05) is 37.1 Å². The Kier molecular flexibility index (Phi) is 4.71. The number of nitrogens with zero attached hydrogens (tertiary/aromatic N) is 5. The first-order valence-electron chi connectivity index (χ1n) is 11.4. The van der Waals surface area contributed by atoms with Gasteiger partial charge in [-0.15, -0.1) is 0 Å². The minimum absolute atomic E-state index is 0.0814. The Morgan fingerprint density at radius 3 is 2.70 bits per heavy atom. The Labute approximate surface area is 191 Å². The largest absolute Gasteiger partial charge is 0.370 e. The van der Waals surface area contributed by atoms with Crippen LogP contribution < -0.4 is 15.5 Å². The van der Waals surface area contributed by atoms with Crippen molar-refractivity contribution < 1.29 is 4.79 Å². The summed E-state index contributed by atoms with van der Waals surface area (Å²) in [7, 11) is 0. The molecule has 0 aliphatic carbocycles. The van der Waals surface area contributed by atoms with Gasteiger partial charge < -0.3 is 15.5 Å². The first-order chi connectivity index (χ1) is 16.2. The Hall–Kier alpha value is -3.94. The highest BCUT2D eigenvalue weighted by Crippen LogP contribution is 2.35. The van der Waals surface area contributed by atoms with Crippen LogP contribution in [0.15, 0.2) is 48.9 Å². The molecule has 1 amide bonds. The van der Waals surface area contributed by atoms with E-state index in [2.05, 4.69) is 36.6 Å². The Balaban J connectivity index is 1.33. The van der Waals surface area contributed by atoms with Gasteiger partial charge in [0.1, 0.15) is 5.82 Å². The van der Waals surface area contributed by atoms with Crippen molar-refractivity contribution >= 4 is 28.9 Å². The SMILES string of the molecule is Cc1ccn2c(-c3ccc(Nc4ccc(N5CCCCC5)cn4)c4c3CNC4=O)cnc2n1. The number of anilines is 3. The number of hydrogen-bond acceptors (Lipinski definition) is 6. The predicted molar refractivity (Wildman–Crippen MR) is 128 cm³/mol. The van der Waals surface area contributed by atoms with Crippen LogP contribution in [-0.2, 0) is 6.54 Å². The van der Waals surface area contributed by atoms with Crippen molar-refractivity contribution in [3.8, 4) is 11.3 Å². The standard InChI is InChI=1S/C25H25N7O/c1-16-9-12-32-21(15-28-25(32)29-16)18-6-7-20(23-19(18)14-27-24(23)33)30-22-8-5-17(13-26-22)31-10-3-2-4-11-31/h5-9,12-13,15H,2-4,10-11,14H2,1H3,(H,26,30)(H,27,33). The van der Waals surface area contributed by atoms with Gasteiger partial charge in [-0.2, -0.15) is 0 Å². The van der Waals surface area contributed by atoms with Crippen LogP contribution in [0.2, 0.25) is 0 Å². The summed E-state index contributed by atoms with van der Waals surface area (Å²) >= 11 is 0. The molecular weight excluding hydrogens is 414 g/mol. The molecule has 166 valence electrons. The number of aromatic nitrogens is 4. The number of pyridine rings is 1. The van der Waals surface area contributed by atoms with E-state index >= 15 is 0 Å². The van der Waals surface area contributed by atoms with Crippen molar-refractivity contribution in [1.82, 2.24) is 24.7 Å². The Morgan fingerprint density at radius 2 is 1.88 bits per heavy atom. The maximum Gasteiger partial charge on any atom is 0.254 e. The van der Waals surface area contributed by atoms with E-state index < -0.39 is 0 Å². The highest BCUT2D eigenvalue weighted by atomic mass is 16.1. The summed E-state index contributed by atoms with van der Waals surface area (Å²) in [5.74, 6) is 1.29. The van der Waals surface area contributed by atoms with Crippen LogP contribution in [0, 0.1) is 6.92 Å². The van der Waals surface area contributed by atoms with Gasteiger partial charge >= 0.3 is 0 Å². The fourth-order valence-corrected chi connectivity index (χ4v) is 4.79. The zero-order valence-electron chi connectivity index (χ0n) is 18.5. The van der Waals surface area contributed by atoms with Crippen molar-refractivity contribution in [2.45, 2.75) is 32.7 Å². The third kappa shape index (κ3) is 3.47. The molecule has 0 bridgehead atoms. The van der Waals surface area contributed by atoms with Gasteiger partial charge in [0.2, 0.25) is 5.78 Å². The number of imidazole rings is 1. The Bertz CT molecular complexity index is 1350. The predicted octanol–water partition coefficient (Wildman–Crippen LogP) is 4.08. The summed E-state index contributed by atoms with van der Waals surface area (Å²) in [5, 5.41) is 6.33. The molecule has 1 saturated heterocycles. The lowest BCUT2D eigenvalue weighted by atomic mass is 9.99. The number of rotatable bonds is 4. The molecule has 0 spiro atoms. The van der Waals surface area contributed by atoms with E-state index in [0.29, 0.717) is 17.9 Å². The van der Waals surface area contributed by atoms with Gasteiger partial charge in [0.15, 0.2) is 0 Å². The van der Waals surface area contributed by atoms with Crippen LogP contribution in [-0.4, -0.2) is 38.3 Å². The Morgan fingerprint density at radius 1 is 1.00 bits per heavy atom. The van der Waals surface area contributed by atoms with E-state index in [1.807, 2.05) is 54.2 Å². The average molecular weight is 440 g/mol. The second-order valence-corrected chi connectivity index (χ2v) is 8.65. The van der Waals surface area contributed by atoms with Crippen LogP contribution in [0.3, 0.4) is 0 Å². The average Bonchev–Trinajstić information content (AvgIpc) is 3.44. The van der Waals surface area contributed by atoms with Crippen LogP contribution in [0.1, 0.15) is 40.9 Å². The number of fused-ring (bicyclic) bond motifs is 2. The molecule has 2 aliphatic heterocycles. The third-order valence-corrected chi connectivity index (χ3v) is 6.49. The number of nitrogens with one attached hydrogen (secondary N) is 2. The number of amides is 1. The van der Waals surface area contributed by atoms with Gasteiger partial charge in [-0.1, -0.05) is 6.07 Å². The second kappa shape index (κ2) is 7.88.